The van der Waals surface area contributed by atoms with E-state index in [0.29, 0.717) is 23.0 Å². The van der Waals surface area contributed by atoms with Crippen molar-refractivity contribution < 1.29 is 14.3 Å². The smallest absolute Gasteiger partial charge is 0.265 e. The van der Waals surface area contributed by atoms with Crippen LogP contribution in [0.3, 0.4) is 0 Å². The molecule has 0 bridgehead atoms. The zero-order valence-corrected chi connectivity index (χ0v) is 15.3. The summed E-state index contributed by atoms with van der Waals surface area (Å²) in [6.45, 7) is 2.48. The van der Waals surface area contributed by atoms with Crippen molar-refractivity contribution in [3.8, 4) is 5.75 Å². The Hall–Kier alpha value is -2.53. The molecule has 3 rings (SSSR count). The van der Waals surface area contributed by atoms with Gasteiger partial charge in [0.1, 0.15) is 12.3 Å². The van der Waals surface area contributed by atoms with E-state index in [1.54, 1.807) is 18.2 Å². The van der Waals surface area contributed by atoms with Crippen molar-refractivity contribution in [3.05, 3.63) is 59.1 Å². The van der Waals surface area contributed by atoms with Gasteiger partial charge in [0.05, 0.1) is 5.69 Å². The number of amides is 2. The molecule has 0 saturated heterocycles. The highest BCUT2D eigenvalue weighted by molar-refractivity contribution is 6.31. The Balaban J connectivity index is 1.65. The minimum atomic E-state index is -0.259. The maximum Gasteiger partial charge on any atom is 0.265 e. The molecule has 0 saturated carbocycles. The number of benzene rings is 2. The molecule has 2 amide bonds. The molecule has 1 atom stereocenters. The molecule has 0 fully saturated rings. The number of anilines is 1. The predicted molar refractivity (Wildman–Crippen MR) is 102 cm³/mol. The number of hydrogen-bond acceptors (Lipinski definition) is 3. The second-order valence-corrected chi connectivity index (χ2v) is 6.64. The van der Waals surface area contributed by atoms with E-state index in [-0.39, 0.29) is 30.9 Å². The zero-order chi connectivity index (χ0) is 18.5. The second-order valence-electron chi connectivity index (χ2n) is 6.20. The fourth-order valence-electron chi connectivity index (χ4n) is 3.01. The average Bonchev–Trinajstić information content (AvgIpc) is 2.65. The lowest BCUT2D eigenvalue weighted by Gasteiger charge is -2.29. The fourth-order valence-corrected chi connectivity index (χ4v) is 3.17. The van der Waals surface area contributed by atoms with E-state index in [9.17, 15) is 9.59 Å². The summed E-state index contributed by atoms with van der Waals surface area (Å²) < 4.78 is 5.39. The summed E-state index contributed by atoms with van der Waals surface area (Å²) in [5.41, 5.74) is 1.72. The number of carbonyl (C=O) groups excluding carboxylic acids is 2. The monoisotopic (exact) mass is 372 g/mol. The van der Waals surface area contributed by atoms with E-state index in [4.69, 9.17) is 16.3 Å². The van der Waals surface area contributed by atoms with Crippen molar-refractivity contribution >= 4 is 29.1 Å². The highest BCUT2D eigenvalue weighted by Gasteiger charge is 2.27. The van der Waals surface area contributed by atoms with E-state index in [0.717, 1.165) is 6.42 Å². The Labute approximate surface area is 157 Å². The number of nitrogens with one attached hydrogen (secondary N) is 1. The van der Waals surface area contributed by atoms with Gasteiger partial charge in [-0.2, -0.15) is 0 Å². The van der Waals surface area contributed by atoms with Gasteiger partial charge in [-0.25, -0.2) is 0 Å². The van der Waals surface area contributed by atoms with Crippen molar-refractivity contribution in [3.63, 3.8) is 0 Å². The van der Waals surface area contributed by atoms with Crippen LogP contribution in [0.15, 0.2) is 48.5 Å². The lowest BCUT2D eigenvalue weighted by atomic mass is 9.96. The van der Waals surface area contributed by atoms with Crippen LogP contribution < -0.4 is 15.0 Å². The Morgan fingerprint density at radius 1 is 1.27 bits per heavy atom. The van der Waals surface area contributed by atoms with Gasteiger partial charge in [-0.15, -0.1) is 0 Å². The zero-order valence-electron chi connectivity index (χ0n) is 14.6. The number of rotatable bonds is 6. The number of carbonyl (C=O) groups is 2. The van der Waals surface area contributed by atoms with E-state index in [2.05, 4.69) is 24.4 Å². The van der Waals surface area contributed by atoms with Gasteiger partial charge in [0.25, 0.3) is 5.91 Å². The standard InChI is InChI=1S/C20H21ClN2O3/c1-2-14(15-6-4-3-5-7-15)11-22-19(24)12-23-17-10-16(21)8-9-18(17)26-13-20(23)25/h3-10,14H,2,11-13H2,1H3,(H,22,24)/t14-/m0/s1. The molecule has 0 aliphatic carbocycles. The van der Waals surface area contributed by atoms with Gasteiger partial charge < -0.3 is 10.1 Å². The first-order valence-electron chi connectivity index (χ1n) is 8.63. The maximum absolute atomic E-state index is 12.4. The molecule has 2 aromatic carbocycles. The summed E-state index contributed by atoms with van der Waals surface area (Å²) in [6.07, 6.45) is 0.916. The normalized spacial score (nSPS) is 14.4. The van der Waals surface area contributed by atoms with E-state index in [1.165, 1.54) is 10.5 Å². The van der Waals surface area contributed by atoms with Gasteiger partial charge in [-0.05, 0) is 30.2 Å². The molecule has 1 aliphatic rings. The largest absolute Gasteiger partial charge is 0.482 e. The molecule has 1 N–H and O–H groups in total. The maximum atomic E-state index is 12.4. The van der Waals surface area contributed by atoms with Crippen LogP contribution in [0.2, 0.25) is 5.02 Å². The van der Waals surface area contributed by atoms with Crippen LogP contribution >= 0.6 is 11.6 Å². The molecule has 5 nitrogen and oxygen atoms in total. The summed E-state index contributed by atoms with van der Waals surface area (Å²) in [4.78, 5) is 26.0. The third kappa shape index (κ3) is 4.17. The second kappa shape index (κ2) is 8.23. The van der Waals surface area contributed by atoms with Crippen LogP contribution in [0.5, 0.6) is 5.75 Å². The van der Waals surface area contributed by atoms with Crippen molar-refractivity contribution in [2.75, 3.05) is 24.6 Å². The molecule has 26 heavy (non-hydrogen) atoms. The number of fused-ring (bicyclic) bond motifs is 1. The van der Waals surface area contributed by atoms with Crippen molar-refractivity contribution in [2.45, 2.75) is 19.3 Å². The van der Waals surface area contributed by atoms with Crippen LogP contribution in [-0.4, -0.2) is 31.5 Å². The minimum Gasteiger partial charge on any atom is -0.482 e. The summed E-state index contributed by atoms with van der Waals surface area (Å²) in [5, 5.41) is 3.43. The van der Waals surface area contributed by atoms with Crippen molar-refractivity contribution in [2.24, 2.45) is 0 Å². The first-order chi connectivity index (χ1) is 12.6. The van der Waals surface area contributed by atoms with Gasteiger partial charge >= 0.3 is 0 Å². The van der Waals surface area contributed by atoms with Gasteiger partial charge in [0, 0.05) is 17.5 Å². The molecule has 2 aromatic rings. The molecule has 6 heteroatoms. The van der Waals surface area contributed by atoms with Crippen molar-refractivity contribution in [1.29, 1.82) is 0 Å². The van der Waals surface area contributed by atoms with E-state index in [1.807, 2.05) is 18.2 Å². The van der Waals surface area contributed by atoms with Crippen molar-refractivity contribution in [1.82, 2.24) is 5.32 Å². The number of nitrogens with zero attached hydrogens (tertiary/aromatic N) is 1. The van der Waals surface area contributed by atoms with Crippen LogP contribution in [-0.2, 0) is 9.59 Å². The first-order valence-corrected chi connectivity index (χ1v) is 9.00. The Morgan fingerprint density at radius 2 is 2.04 bits per heavy atom. The molecular formula is C20H21ClN2O3. The van der Waals surface area contributed by atoms with Gasteiger partial charge in [-0.3, -0.25) is 14.5 Å². The van der Waals surface area contributed by atoms with Crippen LogP contribution in [0.25, 0.3) is 0 Å². The molecule has 0 aromatic heterocycles. The number of ether oxygens (including phenoxy) is 1. The Morgan fingerprint density at radius 3 is 2.77 bits per heavy atom. The SMILES string of the molecule is CC[C@@H](CNC(=O)CN1C(=O)COc2ccc(Cl)cc21)c1ccccc1. The molecule has 0 radical (unpaired) electrons. The van der Waals surface area contributed by atoms with Gasteiger partial charge in [0.2, 0.25) is 5.91 Å². The Kier molecular flexibility index (Phi) is 5.78. The molecule has 0 spiro atoms. The topological polar surface area (TPSA) is 58.6 Å². The molecule has 0 unspecified atom stereocenters. The highest BCUT2D eigenvalue weighted by atomic mass is 35.5. The van der Waals surface area contributed by atoms with Crippen LogP contribution in [0.4, 0.5) is 5.69 Å². The highest BCUT2D eigenvalue weighted by Crippen LogP contribution is 2.34. The molecule has 1 heterocycles. The first kappa shape index (κ1) is 18.3. The lowest BCUT2D eigenvalue weighted by molar-refractivity contribution is -0.125. The minimum absolute atomic E-state index is 0.0548. The van der Waals surface area contributed by atoms with Gasteiger partial charge in [0.15, 0.2) is 6.61 Å². The lowest BCUT2D eigenvalue weighted by Crippen LogP contribution is -2.45. The molecule has 1 aliphatic heterocycles. The summed E-state index contributed by atoms with van der Waals surface area (Å²) in [7, 11) is 0. The number of halogens is 1. The van der Waals surface area contributed by atoms with Crippen LogP contribution in [0, 0.1) is 0 Å². The van der Waals surface area contributed by atoms with Crippen LogP contribution in [0.1, 0.15) is 24.8 Å². The predicted octanol–water partition coefficient (Wildman–Crippen LogP) is 3.38. The quantitative estimate of drug-likeness (QED) is 0.845. The van der Waals surface area contributed by atoms with Gasteiger partial charge in [-0.1, -0.05) is 48.9 Å². The summed E-state index contributed by atoms with van der Waals surface area (Å²) >= 11 is 6.02. The van der Waals surface area contributed by atoms with E-state index >= 15 is 0 Å². The third-order valence-electron chi connectivity index (χ3n) is 4.48. The molecule has 136 valence electrons. The molecular weight excluding hydrogens is 352 g/mol. The van der Waals surface area contributed by atoms with E-state index < -0.39 is 0 Å². The Bertz CT molecular complexity index is 795. The number of hydrogen-bond donors (Lipinski definition) is 1. The third-order valence-corrected chi connectivity index (χ3v) is 4.71. The summed E-state index contributed by atoms with van der Waals surface area (Å²) in [5.74, 6) is 0.324. The fraction of sp³-hybridized carbons (Fsp3) is 0.300. The average molecular weight is 373 g/mol. The summed E-state index contributed by atoms with van der Waals surface area (Å²) in [6, 6.07) is 15.1.